The Kier molecular flexibility index (Phi) is 14.2. The van der Waals surface area contributed by atoms with Crippen LogP contribution in [0.1, 0.15) is 104 Å². The normalized spacial score (nSPS) is 32.9. The molecular weight excluding hydrogens is 939 g/mol. The topological polar surface area (TPSA) is 210 Å². The van der Waals surface area contributed by atoms with Gasteiger partial charge in [-0.05, 0) is 103 Å². The molecule has 2 heterocycles. The highest BCUT2D eigenvalue weighted by Crippen LogP contribution is 2.65. The smallest absolute Gasteiger partial charge is 0.408 e. The molecule has 0 unspecified atom stereocenters. The Balaban J connectivity index is 1.48. The summed E-state index contributed by atoms with van der Waals surface area (Å²) in [6, 6.07) is 15.7. The third kappa shape index (κ3) is 9.81. The van der Waals surface area contributed by atoms with E-state index in [1.807, 2.05) is 26.2 Å². The van der Waals surface area contributed by atoms with E-state index in [9.17, 15) is 19.5 Å². The molecule has 2 aliphatic heterocycles. The van der Waals surface area contributed by atoms with E-state index in [0.29, 0.717) is 11.1 Å². The minimum atomic E-state index is -3.38. The van der Waals surface area contributed by atoms with Crippen LogP contribution >= 0.6 is 0 Å². The second kappa shape index (κ2) is 18.6. The largest absolute Gasteiger partial charge is 0.456 e. The van der Waals surface area contributed by atoms with Crippen molar-refractivity contribution in [2.45, 2.75) is 174 Å². The number of amides is 1. The fourth-order valence-corrected chi connectivity index (χ4v) is 18.4. The lowest BCUT2D eigenvalue weighted by atomic mass is 9.44. The number of alkyl carbamates (subject to hydrolysis) is 1. The molecule has 0 spiro atoms. The van der Waals surface area contributed by atoms with E-state index in [2.05, 4.69) is 5.32 Å². The molecule has 4 bridgehead atoms. The van der Waals surface area contributed by atoms with Gasteiger partial charge in [-0.3, -0.25) is 9.59 Å². The lowest BCUT2D eigenvalue weighted by molar-refractivity contribution is -0.344. The van der Waals surface area contributed by atoms with Crippen molar-refractivity contribution in [3.05, 3.63) is 82.9 Å². The van der Waals surface area contributed by atoms with Gasteiger partial charge in [0.1, 0.15) is 35.6 Å². The fourth-order valence-electron chi connectivity index (χ4n) is 11.5. The average Bonchev–Trinajstić information content (AvgIpc) is 3.26. The number of carbonyl (C=O) groups excluding carboxylic acids is 5. The molecule has 4 fully saturated rings. The zero-order chi connectivity index (χ0) is 51.8. The van der Waals surface area contributed by atoms with Crippen LogP contribution in [-0.2, 0) is 60.5 Å². The zero-order valence-corrected chi connectivity index (χ0v) is 45.1. The number of hydrogen-bond donors (Lipinski definition) is 2. The van der Waals surface area contributed by atoms with Crippen LogP contribution in [0.5, 0.6) is 0 Å². The first kappa shape index (κ1) is 53.5. The van der Waals surface area contributed by atoms with Crippen molar-refractivity contribution in [1.82, 2.24) is 5.32 Å². The molecule has 2 aromatic carbocycles. The first-order chi connectivity index (χ1) is 32.3. The summed E-state index contributed by atoms with van der Waals surface area (Å²) in [6.45, 7) is 23.6. The van der Waals surface area contributed by atoms with Crippen LogP contribution in [0, 0.1) is 16.7 Å². The highest BCUT2D eigenvalue weighted by molar-refractivity contribution is 6.78. The van der Waals surface area contributed by atoms with Crippen LogP contribution in [0.4, 0.5) is 4.79 Å². The maximum Gasteiger partial charge on any atom is 0.408 e. The van der Waals surface area contributed by atoms with E-state index in [1.54, 1.807) is 123 Å². The quantitative estimate of drug-likeness (QED) is 0.0753. The molecule has 7 rings (SSSR count). The van der Waals surface area contributed by atoms with Crippen LogP contribution in [-0.4, -0.2) is 125 Å². The lowest BCUT2D eigenvalue weighted by Crippen LogP contribution is -2.82. The van der Waals surface area contributed by atoms with Gasteiger partial charge in [0.2, 0.25) is 0 Å². The molecule has 2 aromatic rings. The number of Topliss-reactive ketones (excluding diaryl/α,β-unsaturated/α-hetero) is 1. The van der Waals surface area contributed by atoms with Gasteiger partial charge in [0.05, 0.1) is 35.6 Å². The number of carbonyl (C=O) groups is 5. The monoisotopic (exact) mass is 1010 g/mol. The number of aliphatic hydroxyl groups is 1. The number of hydrogen-bond acceptors (Lipinski definition) is 16. The van der Waals surface area contributed by atoms with Crippen molar-refractivity contribution in [3.63, 3.8) is 0 Å². The van der Waals surface area contributed by atoms with Crippen LogP contribution < -0.4 is 5.32 Å². The van der Waals surface area contributed by atoms with Crippen LogP contribution in [0.25, 0.3) is 0 Å². The lowest BCUT2D eigenvalue weighted by Gasteiger charge is -2.68. The molecule has 0 aromatic heterocycles. The van der Waals surface area contributed by atoms with Crippen LogP contribution in [0.15, 0.2) is 71.8 Å². The third-order valence-corrected chi connectivity index (χ3v) is 20.3. The second-order valence-corrected chi connectivity index (χ2v) is 29.2. The summed E-state index contributed by atoms with van der Waals surface area (Å²) in [5.41, 5.74) is -6.78. The summed E-state index contributed by atoms with van der Waals surface area (Å²) in [4.78, 5) is 73.4. The van der Waals surface area contributed by atoms with Crippen molar-refractivity contribution < 1.29 is 75.2 Å². The van der Waals surface area contributed by atoms with Gasteiger partial charge in [-0.25, -0.2) is 14.4 Å². The van der Waals surface area contributed by atoms with Crippen LogP contribution in [0.3, 0.4) is 0 Å². The van der Waals surface area contributed by atoms with Gasteiger partial charge in [-0.1, -0.05) is 62.4 Å². The molecule has 19 heteroatoms. The maximum absolute atomic E-state index is 16.4. The summed E-state index contributed by atoms with van der Waals surface area (Å²) < 4.78 is 64.6. The van der Waals surface area contributed by atoms with E-state index in [4.69, 9.17) is 46.1 Å². The SMILES string of the molecule is COC(C)(C)O[C@@H](C(=O)O[C@H]1C[C@@]2(O)[C@@H](OC(=O)c3ccccc3)[C@@H]3[C@]4(OC(C)=O)CO[C@@H]4C[C@@H]4O[Si](C)(C)O[Si](C)(C)O[C@@H](C(=O)[C@]43C)C(=C1C)C2(C)C)[C@@H](NC(=O)OC(C)(C)C)c1ccccc1. The number of fused-ring (bicyclic) bond motifs is 6. The summed E-state index contributed by atoms with van der Waals surface area (Å²) >= 11 is 0. The Bertz CT molecular complexity index is 2390. The Morgan fingerprint density at radius 1 is 0.871 bits per heavy atom. The summed E-state index contributed by atoms with van der Waals surface area (Å²) in [7, 11) is -5.20. The fraction of sp³-hybridized carbons (Fsp3) is 0.627. The molecule has 2 saturated carbocycles. The van der Waals surface area contributed by atoms with Gasteiger partial charge in [0.15, 0.2) is 23.3 Å². The first-order valence-corrected chi connectivity index (χ1v) is 29.5. The predicted octanol–water partition coefficient (Wildman–Crippen LogP) is 7.15. The van der Waals surface area contributed by atoms with Gasteiger partial charge in [-0.2, -0.15) is 0 Å². The number of rotatable bonds is 11. The first-order valence-electron chi connectivity index (χ1n) is 23.9. The van der Waals surface area contributed by atoms with Gasteiger partial charge in [0, 0.05) is 32.3 Å². The van der Waals surface area contributed by atoms with E-state index in [1.165, 1.54) is 14.0 Å². The Morgan fingerprint density at radius 2 is 1.47 bits per heavy atom. The molecule has 1 amide bonds. The minimum absolute atomic E-state index is 0.0963. The maximum atomic E-state index is 16.4. The Morgan fingerprint density at radius 3 is 2.03 bits per heavy atom. The number of ketones is 1. The van der Waals surface area contributed by atoms with Crippen molar-refractivity contribution in [2.24, 2.45) is 16.7 Å². The number of nitrogens with one attached hydrogen (secondary N) is 1. The molecule has 70 heavy (non-hydrogen) atoms. The predicted molar refractivity (Wildman–Crippen MR) is 257 cm³/mol. The second-order valence-electron chi connectivity index (χ2n) is 22.4. The molecular formula is C51H71NO16Si2. The molecule has 384 valence electrons. The van der Waals surface area contributed by atoms with Crippen LogP contribution in [0.2, 0.25) is 26.2 Å². The van der Waals surface area contributed by atoms with Crippen molar-refractivity contribution in [1.29, 1.82) is 0 Å². The van der Waals surface area contributed by atoms with E-state index in [-0.39, 0.29) is 24.2 Å². The number of benzene rings is 2. The number of ether oxygens (including phenoxy) is 7. The Labute approximate surface area is 413 Å². The average molecular weight is 1010 g/mol. The summed E-state index contributed by atoms with van der Waals surface area (Å²) in [5, 5.41) is 17.1. The summed E-state index contributed by atoms with van der Waals surface area (Å²) in [5.74, 6) is -5.76. The molecule has 17 nitrogen and oxygen atoms in total. The van der Waals surface area contributed by atoms with Crippen molar-refractivity contribution >= 4 is 46.9 Å². The van der Waals surface area contributed by atoms with E-state index in [0.717, 1.165) is 0 Å². The van der Waals surface area contributed by atoms with Crippen molar-refractivity contribution in [3.8, 4) is 0 Å². The molecule has 0 radical (unpaired) electrons. The number of methoxy groups -OCH3 is 1. The summed E-state index contributed by atoms with van der Waals surface area (Å²) in [6.07, 6.45) is -9.13. The van der Waals surface area contributed by atoms with E-state index < -0.39 is 135 Å². The van der Waals surface area contributed by atoms with Gasteiger partial charge >= 0.3 is 41.1 Å². The third-order valence-electron chi connectivity index (χ3n) is 14.7. The minimum Gasteiger partial charge on any atom is -0.456 e. The highest BCUT2D eigenvalue weighted by Gasteiger charge is 2.79. The highest BCUT2D eigenvalue weighted by atomic mass is 28.5. The molecule has 11 atom stereocenters. The molecule has 2 N–H and O–H groups in total. The van der Waals surface area contributed by atoms with E-state index >= 15 is 9.59 Å². The van der Waals surface area contributed by atoms with Gasteiger partial charge in [0.25, 0.3) is 0 Å². The Hall–Kier alpha value is -4.32. The standard InChI is InChI=1S/C51H71NO16Si2/c1-29-33(61-44(56)39(64-48(8,9)59-11)37(31-22-18-16-19-23-31)52-45(57)65-46(3,4)5)27-51(58)42(62-43(55)32-24-20-17-21-25-32)40-49(10)34(26-35-50(40,28-60-35)63-30(2)53)66-69(12,13)68-70(14,15)67-38(41(49)54)36(29)47(51,6)7/h16-25,33-35,37-40,42,58H,26-28H2,1-15H3,(H,52,57)/t33-,34-,35+,37-,38+,39+,40-,42-,49+,50-,51+/m0/s1. The molecule has 2 saturated heterocycles. The van der Waals surface area contributed by atoms with Gasteiger partial charge in [-0.15, -0.1) is 0 Å². The molecule has 3 aliphatic carbocycles. The number of esters is 3. The van der Waals surface area contributed by atoms with Gasteiger partial charge < -0.3 is 56.5 Å². The molecule has 5 aliphatic rings. The van der Waals surface area contributed by atoms with Crippen molar-refractivity contribution in [2.75, 3.05) is 13.7 Å². The zero-order valence-electron chi connectivity index (χ0n) is 43.1.